The molecule has 2 fully saturated rings. The average molecular weight is 416 g/mol. The Kier molecular flexibility index (Phi) is 8.35. The first-order valence-electron chi connectivity index (χ1n) is 11.0. The van der Waals surface area contributed by atoms with Crippen LogP contribution in [0.15, 0.2) is 30.3 Å². The number of carbonyl (C=O) groups excluding carboxylic acids is 3. The van der Waals surface area contributed by atoms with Crippen LogP contribution in [0.1, 0.15) is 51.4 Å². The van der Waals surface area contributed by atoms with Crippen LogP contribution in [0.3, 0.4) is 0 Å². The molecule has 0 atom stereocenters. The van der Waals surface area contributed by atoms with Gasteiger partial charge in [0.25, 0.3) is 0 Å². The van der Waals surface area contributed by atoms with Crippen LogP contribution >= 0.6 is 0 Å². The lowest BCUT2D eigenvalue weighted by Gasteiger charge is -2.34. The van der Waals surface area contributed by atoms with E-state index in [2.05, 4.69) is 21.3 Å². The summed E-state index contributed by atoms with van der Waals surface area (Å²) < 4.78 is 0. The van der Waals surface area contributed by atoms with Crippen LogP contribution in [0, 0.1) is 0 Å². The Hall–Kier alpha value is -2.77. The van der Waals surface area contributed by atoms with Crippen molar-refractivity contribution in [2.75, 3.05) is 25.0 Å². The van der Waals surface area contributed by atoms with Gasteiger partial charge in [-0.3, -0.25) is 4.79 Å². The molecule has 30 heavy (non-hydrogen) atoms. The van der Waals surface area contributed by atoms with Gasteiger partial charge in [-0.05, 0) is 37.8 Å². The van der Waals surface area contributed by atoms with E-state index in [9.17, 15) is 14.4 Å². The molecular formula is C22H33N5O3. The first-order valence-corrected chi connectivity index (χ1v) is 11.0. The summed E-state index contributed by atoms with van der Waals surface area (Å²) in [6.45, 7) is 1.58. The number of hydrogen-bond acceptors (Lipinski definition) is 3. The van der Waals surface area contributed by atoms with Crippen molar-refractivity contribution >= 4 is 23.7 Å². The number of benzene rings is 1. The van der Waals surface area contributed by atoms with Gasteiger partial charge in [-0.15, -0.1) is 0 Å². The Labute approximate surface area is 178 Å². The number of rotatable bonds is 6. The first kappa shape index (κ1) is 21.9. The van der Waals surface area contributed by atoms with Gasteiger partial charge in [0.2, 0.25) is 5.91 Å². The average Bonchev–Trinajstić information content (AvgIpc) is 2.75. The molecule has 1 aromatic carbocycles. The highest BCUT2D eigenvalue weighted by Gasteiger charge is 2.25. The number of piperidine rings is 1. The number of likely N-dealkylation sites (tertiary alicyclic amines) is 1. The quantitative estimate of drug-likeness (QED) is 0.574. The smallest absolute Gasteiger partial charge is 0.319 e. The fourth-order valence-electron chi connectivity index (χ4n) is 4.03. The molecule has 1 aliphatic carbocycles. The summed E-state index contributed by atoms with van der Waals surface area (Å²) in [7, 11) is 0. The van der Waals surface area contributed by atoms with Crippen LogP contribution in [0.5, 0.6) is 0 Å². The molecule has 0 aromatic heterocycles. The lowest BCUT2D eigenvalue weighted by Crippen LogP contribution is -2.51. The Balaban J connectivity index is 1.27. The summed E-state index contributed by atoms with van der Waals surface area (Å²) >= 11 is 0. The number of hydrogen-bond donors (Lipinski definition) is 4. The third kappa shape index (κ3) is 7.24. The summed E-state index contributed by atoms with van der Waals surface area (Å²) in [5, 5.41) is 11.6. The van der Waals surface area contributed by atoms with Gasteiger partial charge in [-0.2, -0.15) is 0 Å². The Morgan fingerprint density at radius 3 is 2.23 bits per heavy atom. The van der Waals surface area contributed by atoms with E-state index in [1.807, 2.05) is 23.1 Å². The van der Waals surface area contributed by atoms with Gasteiger partial charge in [-0.1, -0.05) is 37.5 Å². The standard InChI is InChI=1S/C22H33N5O3/c28-20(11-14-23-21(29)25-17-7-3-1-4-8-17)24-19-12-15-27(16-13-19)22(30)26-18-9-5-2-6-10-18/h1,3-4,7-8,18-19H,2,5-6,9-16H2,(H,24,28)(H,26,30)(H2,23,25,29). The number of nitrogens with zero attached hydrogens (tertiary/aromatic N) is 1. The zero-order valence-electron chi connectivity index (χ0n) is 17.5. The van der Waals surface area contributed by atoms with Gasteiger partial charge >= 0.3 is 12.1 Å². The van der Waals surface area contributed by atoms with Gasteiger partial charge in [0.15, 0.2) is 0 Å². The minimum atomic E-state index is -0.328. The first-order chi connectivity index (χ1) is 14.6. The Morgan fingerprint density at radius 2 is 1.53 bits per heavy atom. The zero-order chi connectivity index (χ0) is 21.2. The predicted molar refractivity (Wildman–Crippen MR) is 116 cm³/mol. The molecule has 3 rings (SSSR count). The number of nitrogens with one attached hydrogen (secondary N) is 4. The molecule has 2 aliphatic rings. The third-order valence-electron chi connectivity index (χ3n) is 5.75. The molecule has 8 nitrogen and oxygen atoms in total. The van der Waals surface area contributed by atoms with Gasteiger partial charge < -0.3 is 26.2 Å². The molecule has 0 spiro atoms. The molecule has 1 aromatic rings. The minimum Gasteiger partial charge on any atom is -0.353 e. The Morgan fingerprint density at radius 1 is 0.867 bits per heavy atom. The normalized spacial score (nSPS) is 17.8. The second kappa shape index (κ2) is 11.4. The molecule has 164 valence electrons. The van der Waals surface area contributed by atoms with Crippen molar-refractivity contribution in [3.05, 3.63) is 30.3 Å². The fraction of sp³-hybridized carbons (Fsp3) is 0.591. The van der Waals surface area contributed by atoms with E-state index in [-0.39, 0.29) is 37.0 Å². The number of carbonyl (C=O) groups is 3. The molecular weight excluding hydrogens is 382 g/mol. The summed E-state index contributed by atoms with van der Waals surface area (Å²) in [5.41, 5.74) is 0.707. The van der Waals surface area contributed by atoms with Crippen LogP contribution in [0.2, 0.25) is 0 Å². The molecule has 0 bridgehead atoms. The molecule has 0 unspecified atom stereocenters. The molecule has 4 N–H and O–H groups in total. The lowest BCUT2D eigenvalue weighted by molar-refractivity contribution is -0.121. The van der Waals surface area contributed by atoms with Crippen LogP contribution < -0.4 is 21.3 Å². The number of anilines is 1. The highest BCUT2D eigenvalue weighted by atomic mass is 16.2. The third-order valence-corrected chi connectivity index (χ3v) is 5.75. The van der Waals surface area contributed by atoms with Crippen LogP contribution in [0.4, 0.5) is 15.3 Å². The highest BCUT2D eigenvalue weighted by Crippen LogP contribution is 2.18. The summed E-state index contributed by atoms with van der Waals surface area (Å²) in [5.74, 6) is -0.0832. The SMILES string of the molecule is O=C(CCNC(=O)Nc1ccccc1)NC1CCN(C(=O)NC2CCCCC2)CC1. The largest absolute Gasteiger partial charge is 0.353 e. The van der Waals surface area contributed by atoms with Gasteiger partial charge in [0.05, 0.1) is 0 Å². The van der Waals surface area contributed by atoms with E-state index in [0.717, 1.165) is 25.7 Å². The summed E-state index contributed by atoms with van der Waals surface area (Å²) in [6.07, 6.45) is 7.56. The van der Waals surface area contributed by atoms with E-state index in [1.54, 1.807) is 12.1 Å². The molecule has 1 saturated carbocycles. The highest BCUT2D eigenvalue weighted by molar-refractivity contribution is 5.89. The number of amides is 5. The van der Waals surface area contributed by atoms with Crippen molar-refractivity contribution in [2.24, 2.45) is 0 Å². The minimum absolute atomic E-state index is 0.0281. The molecule has 8 heteroatoms. The number of para-hydroxylation sites is 1. The maximum absolute atomic E-state index is 12.4. The second-order valence-corrected chi connectivity index (χ2v) is 8.11. The van der Waals surface area contributed by atoms with E-state index < -0.39 is 0 Å². The zero-order valence-corrected chi connectivity index (χ0v) is 17.5. The van der Waals surface area contributed by atoms with Crippen molar-refractivity contribution in [1.82, 2.24) is 20.9 Å². The van der Waals surface area contributed by atoms with Crippen molar-refractivity contribution in [3.8, 4) is 0 Å². The maximum atomic E-state index is 12.4. The molecule has 5 amide bonds. The van der Waals surface area contributed by atoms with Crippen LogP contribution in [-0.2, 0) is 4.79 Å². The summed E-state index contributed by atoms with van der Waals surface area (Å²) in [4.78, 5) is 38.2. The monoisotopic (exact) mass is 415 g/mol. The second-order valence-electron chi connectivity index (χ2n) is 8.11. The predicted octanol–water partition coefficient (Wildman–Crippen LogP) is 2.82. The lowest BCUT2D eigenvalue weighted by atomic mass is 9.95. The molecule has 0 radical (unpaired) electrons. The maximum Gasteiger partial charge on any atom is 0.319 e. The van der Waals surface area contributed by atoms with Gasteiger partial charge in [0, 0.05) is 43.8 Å². The van der Waals surface area contributed by atoms with Crippen molar-refractivity contribution in [2.45, 2.75) is 63.5 Å². The van der Waals surface area contributed by atoms with Crippen molar-refractivity contribution in [3.63, 3.8) is 0 Å². The fourth-order valence-corrected chi connectivity index (χ4v) is 4.03. The topological polar surface area (TPSA) is 103 Å². The van der Waals surface area contributed by atoms with Gasteiger partial charge in [-0.25, -0.2) is 9.59 Å². The van der Waals surface area contributed by atoms with E-state index in [4.69, 9.17) is 0 Å². The molecule has 1 aliphatic heterocycles. The van der Waals surface area contributed by atoms with E-state index in [0.29, 0.717) is 24.8 Å². The van der Waals surface area contributed by atoms with Crippen LogP contribution in [-0.4, -0.2) is 54.6 Å². The van der Waals surface area contributed by atoms with Gasteiger partial charge in [0.1, 0.15) is 0 Å². The Bertz CT molecular complexity index is 698. The van der Waals surface area contributed by atoms with Crippen molar-refractivity contribution < 1.29 is 14.4 Å². The van der Waals surface area contributed by atoms with E-state index in [1.165, 1.54) is 19.3 Å². The van der Waals surface area contributed by atoms with E-state index >= 15 is 0 Å². The molecule has 1 saturated heterocycles. The number of urea groups is 2. The van der Waals surface area contributed by atoms with Crippen LogP contribution in [0.25, 0.3) is 0 Å². The molecule has 1 heterocycles. The van der Waals surface area contributed by atoms with Crippen molar-refractivity contribution in [1.29, 1.82) is 0 Å². The summed E-state index contributed by atoms with van der Waals surface area (Å²) in [6, 6.07) is 9.25.